The Kier molecular flexibility index (Phi) is 6.96. The van der Waals surface area contributed by atoms with Gasteiger partial charge >= 0.3 is 0 Å². The third-order valence-electron chi connectivity index (χ3n) is 4.59. The van der Waals surface area contributed by atoms with Crippen LogP contribution < -0.4 is 27.0 Å². The number of anilines is 2. The summed E-state index contributed by atoms with van der Waals surface area (Å²) < 4.78 is 1.56. The van der Waals surface area contributed by atoms with Gasteiger partial charge in [0.2, 0.25) is 0 Å². The number of aromatic nitrogens is 3. The topological polar surface area (TPSA) is 151 Å². The molecule has 0 bridgehead atoms. The van der Waals surface area contributed by atoms with E-state index in [-0.39, 0.29) is 11.9 Å². The van der Waals surface area contributed by atoms with Crippen LogP contribution in [0.1, 0.15) is 29.6 Å². The Morgan fingerprint density at radius 3 is 2.87 bits per heavy atom. The van der Waals surface area contributed by atoms with Gasteiger partial charge in [0.1, 0.15) is 29.5 Å². The first-order valence-corrected chi connectivity index (χ1v) is 9.79. The monoisotopic (exact) mass is 413 g/mol. The molecule has 3 rings (SSSR count). The lowest BCUT2D eigenvalue weighted by molar-refractivity contribution is -0.108. The minimum atomic E-state index is -0.468. The van der Waals surface area contributed by atoms with Crippen molar-refractivity contribution in [3.63, 3.8) is 0 Å². The van der Waals surface area contributed by atoms with Crippen molar-refractivity contribution in [2.45, 2.75) is 31.3 Å². The molecular formula is C19H27N9O2. The largest absolute Gasteiger partial charge is 0.403 e. The Morgan fingerprint density at radius 2 is 2.23 bits per heavy atom. The highest BCUT2D eigenvalue weighted by Crippen LogP contribution is 2.22. The van der Waals surface area contributed by atoms with E-state index in [2.05, 4.69) is 36.3 Å². The van der Waals surface area contributed by atoms with Crippen LogP contribution in [-0.2, 0) is 4.79 Å². The number of nitrogens with two attached hydrogens (primary N) is 1. The number of carbonyl (C=O) groups excluding carboxylic acids is 2. The van der Waals surface area contributed by atoms with Crippen LogP contribution in [0.2, 0.25) is 0 Å². The number of amides is 1. The molecule has 11 heteroatoms. The second-order valence-electron chi connectivity index (χ2n) is 6.94. The van der Waals surface area contributed by atoms with Crippen LogP contribution in [0, 0.1) is 0 Å². The maximum Gasteiger partial charge on any atom is 0.256 e. The van der Waals surface area contributed by atoms with E-state index >= 15 is 0 Å². The Morgan fingerprint density at radius 1 is 1.43 bits per heavy atom. The van der Waals surface area contributed by atoms with Gasteiger partial charge in [0.25, 0.3) is 5.91 Å². The van der Waals surface area contributed by atoms with E-state index in [1.807, 2.05) is 7.05 Å². The van der Waals surface area contributed by atoms with E-state index in [9.17, 15) is 9.59 Å². The minimum absolute atomic E-state index is 0.200. The first kappa shape index (κ1) is 21.2. The number of carbonyl (C=O) groups is 2. The van der Waals surface area contributed by atoms with Crippen molar-refractivity contribution in [2.75, 3.05) is 31.3 Å². The molecule has 1 amide bonds. The fourth-order valence-electron chi connectivity index (χ4n) is 2.77. The summed E-state index contributed by atoms with van der Waals surface area (Å²) in [7, 11) is 3.57. The summed E-state index contributed by atoms with van der Waals surface area (Å²) in [6, 6.07) is 1.50. The van der Waals surface area contributed by atoms with Crippen LogP contribution in [0.4, 0.5) is 11.6 Å². The van der Waals surface area contributed by atoms with Crippen molar-refractivity contribution < 1.29 is 9.59 Å². The first-order chi connectivity index (χ1) is 14.6. The molecular weight excluding hydrogens is 386 g/mol. The Labute approximate surface area is 174 Å². The van der Waals surface area contributed by atoms with Gasteiger partial charge in [0, 0.05) is 31.6 Å². The summed E-state index contributed by atoms with van der Waals surface area (Å²) in [5.74, 6) is 0.892. The van der Waals surface area contributed by atoms with Crippen molar-refractivity contribution in [1.82, 2.24) is 25.2 Å². The summed E-state index contributed by atoms with van der Waals surface area (Å²) in [6.45, 7) is 0.673. The lowest BCUT2D eigenvalue weighted by Crippen LogP contribution is -2.25. The second kappa shape index (κ2) is 9.83. The highest BCUT2D eigenvalue weighted by atomic mass is 16.1. The van der Waals surface area contributed by atoms with Gasteiger partial charge in [-0.2, -0.15) is 9.61 Å². The predicted octanol–water partition coefficient (Wildman–Crippen LogP) is 0.123. The average molecular weight is 413 g/mol. The molecule has 0 spiro atoms. The molecule has 0 saturated heterocycles. The van der Waals surface area contributed by atoms with Crippen LogP contribution in [0.5, 0.6) is 0 Å². The van der Waals surface area contributed by atoms with Crippen LogP contribution >= 0.6 is 0 Å². The van der Waals surface area contributed by atoms with Crippen molar-refractivity contribution in [1.29, 1.82) is 0 Å². The second-order valence-corrected chi connectivity index (χ2v) is 6.94. The van der Waals surface area contributed by atoms with E-state index < -0.39 is 6.04 Å². The summed E-state index contributed by atoms with van der Waals surface area (Å²) in [6.07, 6.45) is 7.70. The molecule has 1 saturated carbocycles. The molecule has 2 aromatic heterocycles. The SMILES string of the molecule is CNCCC(C=O)N=C/C(=C\N)Nc1cc(NC)n2ncc(C(=O)NC3CC3)c2n1. The number of fused-ring (bicyclic) bond motifs is 1. The number of nitrogens with one attached hydrogen (secondary N) is 4. The lowest BCUT2D eigenvalue weighted by Gasteiger charge is -2.11. The molecule has 160 valence electrons. The van der Waals surface area contributed by atoms with Crippen LogP contribution in [-0.4, -0.2) is 65.7 Å². The third-order valence-corrected chi connectivity index (χ3v) is 4.59. The first-order valence-electron chi connectivity index (χ1n) is 9.79. The van der Waals surface area contributed by atoms with E-state index in [1.165, 1.54) is 18.6 Å². The van der Waals surface area contributed by atoms with Crippen molar-refractivity contribution in [3.8, 4) is 0 Å². The highest BCUT2D eigenvalue weighted by molar-refractivity contribution is 6.00. The van der Waals surface area contributed by atoms with Crippen LogP contribution in [0.3, 0.4) is 0 Å². The van der Waals surface area contributed by atoms with Crippen LogP contribution in [0.15, 0.2) is 29.2 Å². The smallest absolute Gasteiger partial charge is 0.256 e. The molecule has 0 aromatic carbocycles. The summed E-state index contributed by atoms with van der Waals surface area (Å²) >= 11 is 0. The summed E-state index contributed by atoms with van der Waals surface area (Å²) in [5.41, 5.74) is 6.98. The molecule has 0 radical (unpaired) electrons. The molecule has 2 aromatic rings. The Bertz CT molecular complexity index is 962. The number of rotatable bonds is 11. The maximum atomic E-state index is 12.5. The predicted molar refractivity (Wildman–Crippen MR) is 116 cm³/mol. The fraction of sp³-hybridized carbons (Fsp3) is 0.421. The summed E-state index contributed by atoms with van der Waals surface area (Å²) in [5, 5.41) is 16.3. The van der Waals surface area contributed by atoms with Crippen molar-refractivity contribution in [2.24, 2.45) is 10.7 Å². The van der Waals surface area contributed by atoms with Gasteiger partial charge in [0.15, 0.2) is 5.65 Å². The molecule has 30 heavy (non-hydrogen) atoms. The molecule has 2 heterocycles. The number of aliphatic imine (C=N–C) groups is 1. The van der Waals surface area contributed by atoms with Crippen molar-refractivity contribution >= 4 is 35.7 Å². The molecule has 0 aliphatic heterocycles. The molecule has 1 aliphatic rings. The maximum absolute atomic E-state index is 12.5. The Hall–Kier alpha value is -3.47. The molecule has 1 fully saturated rings. The van der Waals surface area contributed by atoms with Gasteiger partial charge in [-0.3, -0.25) is 9.79 Å². The van der Waals surface area contributed by atoms with Crippen LogP contribution in [0.25, 0.3) is 5.65 Å². The molecule has 1 atom stereocenters. The number of aldehydes is 1. The minimum Gasteiger partial charge on any atom is -0.403 e. The fourth-order valence-corrected chi connectivity index (χ4v) is 2.77. The number of hydrogen-bond donors (Lipinski definition) is 5. The van der Waals surface area contributed by atoms with Gasteiger partial charge in [-0.25, -0.2) is 4.98 Å². The Balaban J connectivity index is 1.83. The third kappa shape index (κ3) is 5.11. The zero-order valence-corrected chi connectivity index (χ0v) is 17.1. The van der Waals surface area contributed by atoms with Crippen molar-refractivity contribution in [3.05, 3.63) is 29.7 Å². The van der Waals surface area contributed by atoms with Gasteiger partial charge in [-0.1, -0.05) is 0 Å². The number of nitrogens with zero attached hydrogens (tertiary/aromatic N) is 4. The van der Waals surface area contributed by atoms with Gasteiger partial charge in [-0.15, -0.1) is 0 Å². The number of hydrogen-bond acceptors (Lipinski definition) is 9. The highest BCUT2D eigenvalue weighted by Gasteiger charge is 2.26. The molecule has 1 unspecified atom stereocenters. The molecule has 1 aliphatic carbocycles. The zero-order chi connectivity index (χ0) is 21.5. The quantitative estimate of drug-likeness (QED) is 0.257. The lowest BCUT2D eigenvalue weighted by atomic mass is 10.2. The van der Waals surface area contributed by atoms with Gasteiger partial charge < -0.3 is 31.8 Å². The van der Waals surface area contributed by atoms with Gasteiger partial charge in [0.05, 0.1) is 11.9 Å². The number of allylic oxidation sites excluding steroid dienone is 1. The zero-order valence-electron chi connectivity index (χ0n) is 17.1. The van der Waals surface area contributed by atoms with Gasteiger partial charge in [-0.05, 0) is 32.9 Å². The average Bonchev–Trinajstić information content (AvgIpc) is 3.47. The van der Waals surface area contributed by atoms with E-state index in [4.69, 9.17) is 5.73 Å². The molecule has 6 N–H and O–H groups in total. The van der Waals surface area contributed by atoms with E-state index in [1.54, 1.807) is 17.6 Å². The summed E-state index contributed by atoms with van der Waals surface area (Å²) in [4.78, 5) is 32.5. The van der Waals surface area contributed by atoms with E-state index in [0.717, 1.165) is 19.1 Å². The normalized spacial score (nSPS) is 15.3. The molecule has 11 nitrogen and oxygen atoms in total. The van der Waals surface area contributed by atoms with E-state index in [0.29, 0.717) is 41.5 Å². The standard InChI is InChI=1S/C19H27N9O2/c1-21-6-5-13(11-29)23-9-14(8-20)25-16-7-17(22-2)28-18(27-16)15(10-24-28)19(30)26-12-3-4-12/h7-13,21-22H,3-6,20H2,1-2H3,(H,25,27)(H,26,30)/b14-8+,23-9?.